The standard InChI is InChI=1S/C30H41N3O6/c1-20(2)18-24(27(35)32-25(28(36)37)19-22-14-10-7-11-15-22)31-26(34)23(33-29(38)39-30(3,4)5)17-16-21-12-8-6-9-13-21/h6-15,20,23-25H,16-19H2,1-5H3,(H,31,34)(H,32,35)(H,33,38)(H,36,37)/t23-,24+,25+/m1/s1. The molecule has 9 heteroatoms. The number of carbonyl (C=O) groups excluding carboxylic acids is 3. The average molecular weight is 540 g/mol. The molecule has 0 aromatic heterocycles. The van der Waals surface area contributed by atoms with E-state index in [2.05, 4.69) is 16.0 Å². The molecule has 212 valence electrons. The highest BCUT2D eigenvalue weighted by Gasteiger charge is 2.31. The number of alkyl carbamates (subject to hydrolysis) is 1. The number of aliphatic carboxylic acids is 1. The van der Waals surface area contributed by atoms with E-state index in [0.29, 0.717) is 6.42 Å². The summed E-state index contributed by atoms with van der Waals surface area (Å²) in [6, 6.07) is 15.4. The number of amides is 3. The number of ether oxygens (including phenoxy) is 1. The normalized spacial score (nSPS) is 13.6. The van der Waals surface area contributed by atoms with Crippen LogP contribution in [0.4, 0.5) is 4.79 Å². The van der Waals surface area contributed by atoms with Gasteiger partial charge in [0.25, 0.3) is 0 Å². The van der Waals surface area contributed by atoms with Gasteiger partial charge >= 0.3 is 12.1 Å². The maximum absolute atomic E-state index is 13.4. The Morgan fingerprint density at radius 3 is 1.79 bits per heavy atom. The number of hydrogen-bond acceptors (Lipinski definition) is 5. The minimum atomic E-state index is -1.17. The molecule has 0 bridgehead atoms. The van der Waals surface area contributed by atoms with Crippen molar-refractivity contribution in [2.24, 2.45) is 5.92 Å². The number of carboxylic acid groups (broad SMARTS) is 1. The van der Waals surface area contributed by atoms with Gasteiger partial charge in [-0.05, 0) is 57.1 Å². The second-order valence-corrected chi connectivity index (χ2v) is 11.0. The molecule has 0 saturated heterocycles. The second kappa shape index (κ2) is 14.9. The van der Waals surface area contributed by atoms with Gasteiger partial charge in [-0.15, -0.1) is 0 Å². The third kappa shape index (κ3) is 12.0. The molecule has 0 heterocycles. The molecule has 2 rings (SSSR count). The molecule has 2 aromatic carbocycles. The lowest BCUT2D eigenvalue weighted by Crippen LogP contribution is -2.56. The van der Waals surface area contributed by atoms with Crippen LogP contribution in [0, 0.1) is 5.92 Å². The molecule has 9 nitrogen and oxygen atoms in total. The van der Waals surface area contributed by atoms with Gasteiger partial charge in [-0.25, -0.2) is 9.59 Å². The van der Waals surface area contributed by atoms with Crippen LogP contribution < -0.4 is 16.0 Å². The fourth-order valence-corrected chi connectivity index (χ4v) is 3.97. The zero-order valence-electron chi connectivity index (χ0n) is 23.4. The number of benzene rings is 2. The monoisotopic (exact) mass is 539 g/mol. The van der Waals surface area contributed by atoms with Gasteiger partial charge in [-0.1, -0.05) is 74.5 Å². The van der Waals surface area contributed by atoms with Crippen LogP contribution in [-0.4, -0.2) is 52.7 Å². The summed E-state index contributed by atoms with van der Waals surface area (Å²) < 4.78 is 5.35. The van der Waals surface area contributed by atoms with Crippen molar-refractivity contribution < 1.29 is 29.0 Å². The van der Waals surface area contributed by atoms with Gasteiger partial charge in [0, 0.05) is 6.42 Å². The van der Waals surface area contributed by atoms with Crippen LogP contribution in [0.3, 0.4) is 0 Å². The van der Waals surface area contributed by atoms with Crippen LogP contribution in [0.15, 0.2) is 60.7 Å². The third-order valence-electron chi connectivity index (χ3n) is 5.81. The first kappa shape index (κ1) is 31.3. The maximum Gasteiger partial charge on any atom is 0.408 e. The molecule has 39 heavy (non-hydrogen) atoms. The molecule has 2 aromatic rings. The van der Waals surface area contributed by atoms with E-state index in [0.717, 1.165) is 11.1 Å². The number of rotatable bonds is 13. The molecule has 0 radical (unpaired) electrons. The largest absolute Gasteiger partial charge is 0.480 e. The molecule has 0 aliphatic heterocycles. The van der Waals surface area contributed by atoms with E-state index >= 15 is 0 Å². The summed E-state index contributed by atoms with van der Waals surface area (Å²) in [5.41, 5.74) is 0.995. The quantitative estimate of drug-likeness (QED) is 0.306. The lowest BCUT2D eigenvalue weighted by atomic mass is 10.00. The van der Waals surface area contributed by atoms with E-state index in [-0.39, 0.29) is 25.2 Å². The first-order chi connectivity index (χ1) is 18.3. The Balaban J connectivity index is 2.17. The van der Waals surface area contributed by atoms with Crippen molar-refractivity contribution in [3.05, 3.63) is 71.8 Å². The van der Waals surface area contributed by atoms with E-state index in [1.807, 2.05) is 50.2 Å². The van der Waals surface area contributed by atoms with Crippen molar-refractivity contribution in [3.8, 4) is 0 Å². The minimum absolute atomic E-state index is 0.0278. The number of hydrogen-bond donors (Lipinski definition) is 4. The topological polar surface area (TPSA) is 134 Å². The van der Waals surface area contributed by atoms with Gasteiger partial charge in [0.2, 0.25) is 11.8 Å². The van der Waals surface area contributed by atoms with Gasteiger partial charge in [-0.3, -0.25) is 9.59 Å². The Bertz CT molecular complexity index is 1080. The van der Waals surface area contributed by atoms with E-state index in [9.17, 15) is 24.3 Å². The fourth-order valence-electron chi connectivity index (χ4n) is 3.97. The third-order valence-corrected chi connectivity index (χ3v) is 5.81. The SMILES string of the molecule is CC(C)C[C@H](NC(=O)[C@@H](CCc1ccccc1)NC(=O)OC(C)(C)C)C(=O)N[C@@H](Cc1ccccc1)C(=O)O. The summed E-state index contributed by atoms with van der Waals surface area (Å²) in [4.78, 5) is 51.0. The molecule has 3 amide bonds. The van der Waals surface area contributed by atoms with Crippen LogP contribution in [0.2, 0.25) is 0 Å². The summed E-state index contributed by atoms with van der Waals surface area (Å²) in [6.45, 7) is 8.97. The second-order valence-electron chi connectivity index (χ2n) is 11.0. The summed E-state index contributed by atoms with van der Waals surface area (Å²) in [7, 11) is 0. The summed E-state index contributed by atoms with van der Waals surface area (Å²) in [6.07, 6.45) is 0.427. The Morgan fingerprint density at radius 1 is 0.769 bits per heavy atom. The Morgan fingerprint density at radius 2 is 1.28 bits per heavy atom. The Labute approximate surface area is 230 Å². The highest BCUT2D eigenvalue weighted by molar-refractivity contribution is 5.93. The lowest BCUT2D eigenvalue weighted by molar-refractivity contribution is -0.142. The molecule has 0 fully saturated rings. The predicted octanol–water partition coefficient (Wildman–Crippen LogP) is 3.86. The van der Waals surface area contributed by atoms with E-state index < -0.39 is 47.6 Å². The molecular weight excluding hydrogens is 498 g/mol. The van der Waals surface area contributed by atoms with E-state index in [1.165, 1.54) is 0 Å². The van der Waals surface area contributed by atoms with Gasteiger partial charge in [0.1, 0.15) is 23.7 Å². The fraction of sp³-hybridized carbons (Fsp3) is 0.467. The van der Waals surface area contributed by atoms with Gasteiger partial charge < -0.3 is 25.8 Å². The molecule has 0 spiro atoms. The summed E-state index contributed by atoms with van der Waals surface area (Å²) in [5, 5.41) is 17.7. The van der Waals surface area contributed by atoms with Crippen LogP contribution in [0.1, 0.15) is 58.6 Å². The molecule has 0 aliphatic carbocycles. The molecule has 0 unspecified atom stereocenters. The number of aryl methyl sites for hydroxylation is 1. The highest BCUT2D eigenvalue weighted by atomic mass is 16.6. The smallest absolute Gasteiger partial charge is 0.408 e. The average Bonchev–Trinajstić information content (AvgIpc) is 2.85. The first-order valence-corrected chi connectivity index (χ1v) is 13.2. The number of nitrogens with one attached hydrogen (secondary N) is 3. The van der Waals surface area contributed by atoms with Crippen LogP contribution in [-0.2, 0) is 32.0 Å². The van der Waals surface area contributed by atoms with Gasteiger partial charge in [0.15, 0.2) is 0 Å². The van der Waals surface area contributed by atoms with E-state index in [4.69, 9.17) is 4.74 Å². The van der Waals surface area contributed by atoms with Crippen LogP contribution in [0.5, 0.6) is 0 Å². The number of carbonyl (C=O) groups is 4. The summed E-state index contributed by atoms with van der Waals surface area (Å²) >= 11 is 0. The lowest BCUT2D eigenvalue weighted by Gasteiger charge is -2.26. The van der Waals surface area contributed by atoms with Crippen molar-refractivity contribution >= 4 is 23.9 Å². The first-order valence-electron chi connectivity index (χ1n) is 13.2. The molecule has 0 aliphatic rings. The van der Waals surface area contributed by atoms with E-state index in [1.54, 1.807) is 45.0 Å². The molecule has 4 N–H and O–H groups in total. The van der Waals surface area contributed by atoms with Crippen molar-refractivity contribution in [2.45, 2.75) is 84.0 Å². The minimum Gasteiger partial charge on any atom is -0.480 e. The number of carboxylic acids is 1. The molecule has 0 saturated carbocycles. The zero-order chi connectivity index (χ0) is 29.0. The van der Waals surface area contributed by atoms with Gasteiger partial charge in [-0.2, -0.15) is 0 Å². The van der Waals surface area contributed by atoms with Crippen molar-refractivity contribution in [1.82, 2.24) is 16.0 Å². The van der Waals surface area contributed by atoms with Crippen molar-refractivity contribution in [1.29, 1.82) is 0 Å². The maximum atomic E-state index is 13.4. The summed E-state index contributed by atoms with van der Waals surface area (Å²) in [5.74, 6) is -2.29. The van der Waals surface area contributed by atoms with Crippen molar-refractivity contribution in [3.63, 3.8) is 0 Å². The molecular formula is C30H41N3O6. The van der Waals surface area contributed by atoms with Crippen molar-refractivity contribution in [2.75, 3.05) is 0 Å². The zero-order valence-corrected chi connectivity index (χ0v) is 23.4. The van der Waals surface area contributed by atoms with Crippen LogP contribution >= 0.6 is 0 Å². The Kier molecular flexibility index (Phi) is 12.0. The Hall–Kier alpha value is -3.88. The highest BCUT2D eigenvalue weighted by Crippen LogP contribution is 2.12. The van der Waals surface area contributed by atoms with Crippen LogP contribution in [0.25, 0.3) is 0 Å². The molecule has 3 atom stereocenters. The predicted molar refractivity (Wildman–Crippen MR) is 149 cm³/mol. The van der Waals surface area contributed by atoms with Gasteiger partial charge in [0.05, 0.1) is 0 Å².